The number of rotatable bonds is 4. The molecule has 0 spiro atoms. The van der Waals surface area contributed by atoms with Gasteiger partial charge in [-0.25, -0.2) is 0 Å². The summed E-state index contributed by atoms with van der Waals surface area (Å²) in [6.07, 6.45) is 0. The van der Waals surface area contributed by atoms with Crippen molar-refractivity contribution in [2.45, 2.75) is 6.54 Å². The number of hydrogen-bond donors (Lipinski definition) is 1. The van der Waals surface area contributed by atoms with Crippen LogP contribution in [0.4, 0.5) is 11.4 Å². The highest BCUT2D eigenvalue weighted by atomic mass is 35.5. The second-order valence-corrected chi connectivity index (χ2v) is 4.82. The first-order valence-corrected chi connectivity index (χ1v) is 6.13. The Morgan fingerprint density at radius 2 is 2.24 bits per heavy atom. The van der Waals surface area contributed by atoms with E-state index in [1.165, 1.54) is 12.1 Å². The average molecular weight is 269 g/mol. The van der Waals surface area contributed by atoms with Crippen LogP contribution in [-0.2, 0) is 6.54 Å². The van der Waals surface area contributed by atoms with Crippen LogP contribution in [0.5, 0.6) is 0 Å². The highest BCUT2D eigenvalue weighted by molar-refractivity contribution is 7.09. The molecule has 0 aliphatic carbocycles. The monoisotopic (exact) mass is 268 g/mol. The highest BCUT2D eigenvalue weighted by Crippen LogP contribution is 2.28. The molecule has 4 nitrogen and oxygen atoms in total. The second-order valence-electron chi connectivity index (χ2n) is 3.35. The molecule has 1 aromatic carbocycles. The maximum atomic E-state index is 10.8. The molecule has 2 rings (SSSR count). The Bertz CT molecular complexity index is 528. The van der Waals surface area contributed by atoms with Crippen LogP contribution in [0.2, 0.25) is 5.02 Å². The number of nitrogens with zero attached hydrogens (tertiary/aromatic N) is 1. The Morgan fingerprint density at radius 1 is 1.41 bits per heavy atom. The zero-order valence-electron chi connectivity index (χ0n) is 8.72. The van der Waals surface area contributed by atoms with Crippen molar-refractivity contribution in [1.82, 2.24) is 0 Å². The largest absolute Gasteiger partial charge is 0.375 e. The van der Waals surface area contributed by atoms with E-state index >= 15 is 0 Å². The topological polar surface area (TPSA) is 55.2 Å². The van der Waals surface area contributed by atoms with E-state index in [2.05, 4.69) is 5.32 Å². The molecule has 0 aliphatic heterocycles. The second kappa shape index (κ2) is 5.16. The van der Waals surface area contributed by atoms with Crippen molar-refractivity contribution < 1.29 is 4.92 Å². The van der Waals surface area contributed by atoms with Crippen LogP contribution in [0.1, 0.15) is 4.88 Å². The van der Waals surface area contributed by atoms with Crippen molar-refractivity contribution in [3.05, 3.63) is 55.7 Å². The van der Waals surface area contributed by atoms with Crippen LogP contribution in [0.15, 0.2) is 35.7 Å². The molecule has 6 heteroatoms. The normalized spacial score (nSPS) is 10.2. The number of anilines is 1. The summed E-state index contributed by atoms with van der Waals surface area (Å²) in [7, 11) is 0. The maximum Gasteiger partial charge on any atom is 0.292 e. The number of nitro benzene ring substituents is 1. The fourth-order valence-corrected chi connectivity index (χ4v) is 2.22. The van der Waals surface area contributed by atoms with Crippen LogP contribution >= 0.6 is 22.9 Å². The molecule has 1 aromatic heterocycles. The van der Waals surface area contributed by atoms with Crippen molar-refractivity contribution in [2.75, 3.05) is 5.32 Å². The standard InChI is InChI=1S/C11H9ClN2O2S/c12-8-3-4-11(14(15)16)10(6-8)13-7-9-2-1-5-17-9/h1-6,13H,7H2. The molecule has 0 unspecified atom stereocenters. The fraction of sp³-hybridized carbons (Fsp3) is 0.0909. The smallest absolute Gasteiger partial charge is 0.292 e. The Labute approximate surface area is 107 Å². The van der Waals surface area contributed by atoms with Gasteiger partial charge in [-0.15, -0.1) is 11.3 Å². The lowest BCUT2D eigenvalue weighted by atomic mass is 10.2. The number of nitrogens with one attached hydrogen (secondary N) is 1. The number of hydrogen-bond acceptors (Lipinski definition) is 4. The minimum Gasteiger partial charge on any atom is -0.375 e. The third-order valence-corrected chi connectivity index (χ3v) is 3.30. The Kier molecular flexibility index (Phi) is 3.61. The molecule has 17 heavy (non-hydrogen) atoms. The molecule has 1 heterocycles. The van der Waals surface area contributed by atoms with Gasteiger partial charge in [0, 0.05) is 22.5 Å². The molecule has 2 aromatic rings. The van der Waals surface area contributed by atoms with Gasteiger partial charge in [0.2, 0.25) is 0 Å². The van der Waals surface area contributed by atoms with Gasteiger partial charge in [-0.3, -0.25) is 10.1 Å². The van der Waals surface area contributed by atoms with Crippen LogP contribution in [0.25, 0.3) is 0 Å². The highest BCUT2D eigenvalue weighted by Gasteiger charge is 2.13. The summed E-state index contributed by atoms with van der Waals surface area (Å²) < 4.78 is 0. The molecule has 0 radical (unpaired) electrons. The van der Waals surface area contributed by atoms with Crippen molar-refractivity contribution >= 4 is 34.3 Å². The number of thiophene rings is 1. The lowest BCUT2D eigenvalue weighted by molar-refractivity contribution is -0.384. The number of benzene rings is 1. The minimum atomic E-state index is -0.424. The van der Waals surface area contributed by atoms with Gasteiger partial charge in [-0.2, -0.15) is 0 Å². The Hall–Kier alpha value is -1.59. The van der Waals surface area contributed by atoms with Gasteiger partial charge >= 0.3 is 0 Å². The van der Waals surface area contributed by atoms with E-state index in [9.17, 15) is 10.1 Å². The van der Waals surface area contributed by atoms with E-state index < -0.39 is 4.92 Å². The summed E-state index contributed by atoms with van der Waals surface area (Å²) >= 11 is 7.42. The van der Waals surface area contributed by atoms with E-state index in [-0.39, 0.29) is 5.69 Å². The number of nitro groups is 1. The van der Waals surface area contributed by atoms with Crippen LogP contribution in [-0.4, -0.2) is 4.92 Å². The predicted molar refractivity (Wildman–Crippen MR) is 69.8 cm³/mol. The van der Waals surface area contributed by atoms with E-state index in [0.29, 0.717) is 17.3 Å². The van der Waals surface area contributed by atoms with Crippen LogP contribution < -0.4 is 5.32 Å². The summed E-state index contributed by atoms with van der Waals surface area (Å²) in [6, 6.07) is 8.38. The lowest BCUT2D eigenvalue weighted by Gasteiger charge is -2.06. The molecule has 0 atom stereocenters. The van der Waals surface area contributed by atoms with E-state index in [0.717, 1.165) is 4.88 Å². The first-order valence-electron chi connectivity index (χ1n) is 4.87. The summed E-state index contributed by atoms with van der Waals surface area (Å²) in [6.45, 7) is 0.554. The third-order valence-electron chi connectivity index (χ3n) is 2.19. The van der Waals surface area contributed by atoms with Gasteiger partial charge < -0.3 is 5.32 Å². The minimum absolute atomic E-state index is 0.0333. The van der Waals surface area contributed by atoms with Gasteiger partial charge in [-0.1, -0.05) is 17.7 Å². The summed E-state index contributed by atoms with van der Waals surface area (Å²) in [5, 5.41) is 16.3. The summed E-state index contributed by atoms with van der Waals surface area (Å²) in [4.78, 5) is 11.5. The maximum absolute atomic E-state index is 10.8. The van der Waals surface area contributed by atoms with Crippen molar-refractivity contribution in [3.63, 3.8) is 0 Å². The van der Waals surface area contributed by atoms with Gasteiger partial charge in [-0.05, 0) is 23.6 Å². The molecule has 0 fully saturated rings. The Morgan fingerprint density at radius 3 is 2.88 bits per heavy atom. The summed E-state index contributed by atoms with van der Waals surface area (Å²) in [5.41, 5.74) is 0.474. The van der Waals surface area contributed by atoms with Crippen LogP contribution in [0.3, 0.4) is 0 Å². The third kappa shape index (κ3) is 2.95. The molecule has 0 aliphatic rings. The lowest BCUT2D eigenvalue weighted by Crippen LogP contribution is -2.01. The van der Waals surface area contributed by atoms with Crippen LogP contribution in [0, 0.1) is 10.1 Å². The molecule has 88 valence electrons. The van der Waals surface area contributed by atoms with Crippen molar-refractivity contribution in [2.24, 2.45) is 0 Å². The first-order chi connectivity index (χ1) is 8.16. The SMILES string of the molecule is O=[N+]([O-])c1ccc(Cl)cc1NCc1cccs1. The average Bonchev–Trinajstić information content (AvgIpc) is 2.78. The fourth-order valence-electron chi connectivity index (χ4n) is 1.40. The predicted octanol–water partition coefficient (Wildman–Crippen LogP) is 3.92. The molecule has 0 bridgehead atoms. The van der Waals surface area contributed by atoms with E-state index in [1.54, 1.807) is 17.4 Å². The van der Waals surface area contributed by atoms with Gasteiger partial charge in [0.15, 0.2) is 0 Å². The molecular weight excluding hydrogens is 260 g/mol. The first kappa shape index (κ1) is 11.9. The van der Waals surface area contributed by atoms with Gasteiger partial charge in [0.25, 0.3) is 5.69 Å². The molecule has 0 saturated heterocycles. The Balaban J connectivity index is 2.19. The zero-order chi connectivity index (χ0) is 12.3. The molecule has 0 saturated carbocycles. The number of halogens is 1. The van der Waals surface area contributed by atoms with Crippen molar-refractivity contribution in [3.8, 4) is 0 Å². The summed E-state index contributed by atoms with van der Waals surface area (Å²) in [5.74, 6) is 0. The molecule has 0 amide bonds. The van der Waals surface area contributed by atoms with Gasteiger partial charge in [0.05, 0.1) is 4.92 Å². The zero-order valence-corrected chi connectivity index (χ0v) is 10.3. The van der Waals surface area contributed by atoms with Gasteiger partial charge in [0.1, 0.15) is 5.69 Å². The van der Waals surface area contributed by atoms with E-state index in [1.807, 2.05) is 17.5 Å². The quantitative estimate of drug-likeness (QED) is 0.675. The van der Waals surface area contributed by atoms with Crippen molar-refractivity contribution in [1.29, 1.82) is 0 Å². The van der Waals surface area contributed by atoms with E-state index in [4.69, 9.17) is 11.6 Å². The molecular formula is C11H9ClN2O2S. The molecule has 1 N–H and O–H groups in total.